The normalized spacial score (nSPS) is 16.3. The fourth-order valence-electron chi connectivity index (χ4n) is 3.53. The van der Waals surface area contributed by atoms with Crippen LogP contribution in [0.1, 0.15) is 28.9 Å². The molecular formula is C21H21BrCl2F3N3O4. The number of pyridine rings is 1. The predicted octanol–water partition coefficient (Wildman–Crippen LogP) is 4.10. The highest BCUT2D eigenvalue weighted by molar-refractivity contribution is 9.10. The lowest BCUT2D eigenvalue weighted by molar-refractivity contribution is -0.141. The summed E-state index contributed by atoms with van der Waals surface area (Å²) in [5.41, 5.74) is -3.20. The third kappa shape index (κ3) is 7.11. The van der Waals surface area contributed by atoms with Crippen LogP contribution in [0.3, 0.4) is 0 Å². The van der Waals surface area contributed by atoms with Crippen molar-refractivity contribution in [3.63, 3.8) is 0 Å². The molecule has 0 spiro atoms. The van der Waals surface area contributed by atoms with Crippen LogP contribution in [-0.4, -0.2) is 59.3 Å². The van der Waals surface area contributed by atoms with Gasteiger partial charge in [0.25, 0.3) is 11.5 Å². The average molecular weight is 587 g/mol. The Labute approximate surface area is 211 Å². The summed E-state index contributed by atoms with van der Waals surface area (Å²) in [6, 6.07) is 5.84. The van der Waals surface area contributed by atoms with E-state index in [9.17, 15) is 27.9 Å². The van der Waals surface area contributed by atoms with Gasteiger partial charge in [0.1, 0.15) is 17.5 Å². The molecule has 1 fully saturated rings. The number of nitrogens with one attached hydrogen (secondary N) is 2. The lowest BCUT2D eigenvalue weighted by atomic mass is 10.1. The monoisotopic (exact) mass is 585 g/mol. The van der Waals surface area contributed by atoms with Crippen LogP contribution in [0.5, 0.6) is 5.75 Å². The zero-order chi connectivity index (χ0) is 25.0. The Hall–Kier alpha value is -1.79. The number of amides is 1. The molecule has 0 unspecified atom stereocenters. The number of likely N-dealkylation sites (tertiary alicyclic amines) is 1. The molecule has 3 N–H and O–H groups in total. The van der Waals surface area contributed by atoms with Gasteiger partial charge in [-0.05, 0) is 47.0 Å². The van der Waals surface area contributed by atoms with Crippen molar-refractivity contribution in [1.29, 1.82) is 0 Å². The Kier molecular flexibility index (Phi) is 8.91. The molecule has 186 valence electrons. The van der Waals surface area contributed by atoms with Crippen LogP contribution in [0.4, 0.5) is 13.2 Å². The molecule has 13 heteroatoms. The number of β-amino-alcohol motifs (C(OH)–C–C–N with tert-alkyl or cyclic N) is 1. The number of hydrogen-bond donors (Lipinski definition) is 3. The van der Waals surface area contributed by atoms with Crippen molar-refractivity contribution in [3.05, 3.63) is 60.4 Å². The highest BCUT2D eigenvalue weighted by atomic mass is 79.9. The lowest BCUT2D eigenvalue weighted by Crippen LogP contribution is -2.45. The number of aliphatic hydroxyl groups is 1. The molecule has 2 aromatic rings. The molecule has 1 aliphatic heterocycles. The Morgan fingerprint density at radius 2 is 1.94 bits per heavy atom. The molecule has 34 heavy (non-hydrogen) atoms. The van der Waals surface area contributed by atoms with Gasteiger partial charge in [0.15, 0.2) is 0 Å². The third-order valence-electron chi connectivity index (χ3n) is 5.22. The third-order valence-corrected chi connectivity index (χ3v) is 6.55. The van der Waals surface area contributed by atoms with Crippen LogP contribution in [0.2, 0.25) is 10.0 Å². The summed E-state index contributed by atoms with van der Waals surface area (Å²) in [5.74, 6) is -0.445. The van der Waals surface area contributed by atoms with Crippen LogP contribution in [0, 0.1) is 0 Å². The number of aromatic amines is 1. The summed E-state index contributed by atoms with van der Waals surface area (Å²) in [7, 11) is 0. The number of benzene rings is 1. The molecule has 1 saturated heterocycles. The average Bonchev–Trinajstić information content (AvgIpc) is 2.77. The Morgan fingerprint density at radius 3 is 2.56 bits per heavy atom. The van der Waals surface area contributed by atoms with Crippen molar-refractivity contribution < 1.29 is 27.8 Å². The van der Waals surface area contributed by atoms with E-state index in [0.29, 0.717) is 41.7 Å². The number of aromatic nitrogens is 1. The fraction of sp³-hybridized carbons (Fsp3) is 0.429. The number of aliphatic hydroxyl groups excluding tert-OH is 1. The minimum atomic E-state index is -4.92. The van der Waals surface area contributed by atoms with Gasteiger partial charge >= 0.3 is 6.18 Å². The summed E-state index contributed by atoms with van der Waals surface area (Å²) >= 11 is 14.7. The maximum atomic E-state index is 13.2. The molecule has 1 aliphatic rings. The predicted molar refractivity (Wildman–Crippen MR) is 125 cm³/mol. The molecule has 2 heterocycles. The standard InChI is InChI=1S/C21H21BrCl2F3N3O4/c22-15-8-14(18(21(25,26)27)29-20(15)33)19(32)28-9-11(31)10-30-5-3-12(4-6-30)34-13-1-2-16(23)17(24)7-13/h1-2,7-8,11-12,31H,3-6,9-10H2,(H,28,32)(H,29,33)/t11-/m1/s1. The lowest BCUT2D eigenvalue weighted by Gasteiger charge is -2.33. The Bertz CT molecular complexity index is 1090. The topological polar surface area (TPSA) is 94.7 Å². The number of piperidine rings is 1. The number of carbonyl (C=O) groups excluding carboxylic acids is 1. The minimum absolute atomic E-state index is 0.0372. The van der Waals surface area contributed by atoms with E-state index in [1.165, 1.54) is 0 Å². The molecule has 1 aromatic heterocycles. The summed E-state index contributed by atoms with van der Waals surface area (Å²) < 4.78 is 45.3. The van der Waals surface area contributed by atoms with Crippen LogP contribution >= 0.6 is 39.1 Å². The highest BCUT2D eigenvalue weighted by Gasteiger charge is 2.37. The van der Waals surface area contributed by atoms with Crippen LogP contribution in [0.15, 0.2) is 33.5 Å². The van der Waals surface area contributed by atoms with Crippen molar-refractivity contribution in [2.24, 2.45) is 0 Å². The van der Waals surface area contributed by atoms with Crippen molar-refractivity contribution >= 4 is 45.0 Å². The number of rotatable bonds is 7. The van der Waals surface area contributed by atoms with Gasteiger partial charge in [0, 0.05) is 32.2 Å². The number of halogens is 6. The largest absolute Gasteiger partial charge is 0.490 e. The first-order chi connectivity index (χ1) is 15.9. The van der Waals surface area contributed by atoms with Crippen LogP contribution in [0.25, 0.3) is 0 Å². The van der Waals surface area contributed by atoms with E-state index >= 15 is 0 Å². The fourth-order valence-corrected chi connectivity index (χ4v) is 4.14. The van der Waals surface area contributed by atoms with E-state index in [-0.39, 0.29) is 23.7 Å². The maximum absolute atomic E-state index is 13.2. The van der Waals surface area contributed by atoms with Crippen molar-refractivity contribution in [2.75, 3.05) is 26.2 Å². The molecule has 7 nitrogen and oxygen atoms in total. The van der Waals surface area contributed by atoms with Gasteiger partial charge in [-0.3, -0.25) is 9.59 Å². The Balaban J connectivity index is 1.48. The van der Waals surface area contributed by atoms with Gasteiger partial charge in [-0.1, -0.05) is 23.2 Å². The van der Waals surface area contributed by atoms with Crippen molar-refractivity contribution in [3.8, 4) is 5.75 Å². The van der Waals surface area contributed by atoms with Gasteiger partial charge in [0.2, 0.25) is 0 Å². The molecule has 0 aliphatic carbocycles. The molecular weight excluding hydrogens is 566 g/mol. The van der Waals surface area contributed by atoms with E-state index in [1.54, 1.807) is 23.2 Å². The molecule has 1 amide bonds. The van der Waals surface area contributed by atoms with Gasteiger partial charge in [-0.2, -0.15) is 13.2 Å². The Morgan fingerprint density at radius 1 is 1.26 bits per heavy atom. The van der Waals surface area contributed by atoms with Crippen LogP contribution < -0.4 is 15.6 Å². The van der Waals surface area contributed by atoms with Crippen LogP contribution in [-0.2, 0) is 6.18 Å². The molecule has 3 rings (SSSR count). The van der Waals surface area contributed by atoms with E-state index in [1.807, 2.05) is 4.90 Å². The van der Waals surface area contributed by atoms with Gasteiger partial charge < -0.3 is 25.0 Å². The number of carbonyl (C=O) groups is 1. The summed E-state index contributed by atoms with van der Waals surface area (Å²) in [5, 5.41) is 13.4. The number of hydrogen-bond acceptors (Lipinski definition) is 5. The molecule has 1 aromatic carbocycles. The summed E-state index contributed by atoms with van der Waals surface area (Å²) in [6.45, 7) is 1.22. The first-order valence-electron chi connectivity index (χ1n) is 10.2. The second-order valence-corrected chi connectivity index (χ2v) is 9.46. The minimum Gasteiger partial charge on any atom is -0.490 e. The van der Waals surface area contributed by atoms with E-state index in [0.717, 1.165) is 6.07 Å². The van der Waals surface area contributed by atoms with Crippen molar-refractivity contribution in [2.45, 2.75) is 31.2 Å². The number of ether oxygens (including phenoxy) is 1. The molecule has 1 atom stereocenters. The van der Waals surface area contributed by atoms with E-state index in [2.05, 4.69) is 21.2 Å². The SMILES string of the molecule is O=C(NC[C@@H](O)CN1CCC(Oc2ccc(Cl)c(Cl)c2)CC1)c1cc(Br)c(=O)[nH]c1C(F)(F)F. The first-order valence-corrected chi connectivity index (χ1v) is 11.8. The second kappa shape index (κ2) is 11.3. The first kappa shape index (κ1) is 26.8. The summed E-state index contributed by atoms with van der Waals surface area (Å²) in [4.78, 5) is 27.5. The zero-order valence-corrected chi connectivity index (χ0v) is 20.7. The maximum Gasteiger partial charge on any atom is 0.432 e. The van der Waals surface area contributed by atoms with Gasteiger partial charge in [0.05, 0.1) is 26.2 Å². The van der Waals surface area contributed by atoms with Gasteiger partial charge in [-0.15, -0.1) is 0 Å². The number of H-pyrrole nitrogens is 1. The smallest absolute Gasteiger partial charge is 0.432 e. The summed E-state index contributed by atoms with van der Waals surface area (Å²) in [6.07, 6.45) is -4.57. The molecule has 0 radical (unpaired) electrons. The van der Waals surface area contributed by atoms with E-state index in [4.69, 9.17) is 27.9 Å². The van der Waals surface area contributed by atoms with E-state index < -0.39 is 35.0 Å². The highest BCUT2D eigenvalue weighted by Crippen LogP contribution is 2.30. The van der Waals surface area contributed by atoms with Gasteiger partial charge in [-0.25, -0.2) is 0 Å². The zero-order valence-electron chi connectivity index (χ0n) is 17.6. The number of alkyl halides is 3. The molecule has 0 bridgehead atoms. The molecule has 0 saturated carbocycles. The number of nitrogens with zero attached hydrogens (tertiary/aromatic N) is 1. The van der Waals surface area contributed by atoms with Crippen molar-refractivity contribution in [1.82, 2.24) is 15.2 Å². The quantitative estimate of drug-likeness (QED) is 0.454. The second-order valence-electron chi connectivity index (χ2n) is 7.79.